The van der Waals surface area contributed by atoms with Crippen molar-refractivity contribution < 1.29 is 79.6 Å². The lowest BCUT2D eigenvalue weighted by Gasteiger charge is -2.19. The number of nitrogens with one attached hydrogen (secondary N) is 2. The minimum Gasteiger partial charge on any atom is -0.438 e. The molecule has 0 saturated carbocycles. The molecule has 1 aliphatic heterocycles. The van der Waals surface area contributed by atoms with Gasteiger partial charge in [-0.05, 0) is 74.4 Å². The lowest BCUT2D eigenvalue weighted by atomic mass is 10.1. The minimum atomic E-state index is -5.61. The van der Waals surface area contributed by atoms with Crippen molar-refractivity contribution in [1.82, 2.24) is 19.5 Å². The van der Waals surface area contributed by atoms with Crippen LogP contribution in [0.2, 0.25) is 0 Å². The highest BCUT2D eigenvalue weighted by atomic mass is 31.3. The molecule has 6 N–H and O–H groups in total. The smallest absolute Gasteiger partial charge is 0.438 e. The van der Waals surface area contributed by atoms with Gasteiger partial charge in [0.05, 0.1) is 71.1 Å². The van der Waals surface area contributed by atoms with Crippen LogP contribution in [0.1, 0.15) is 34.0 Å². The highest BCUT2D eigenvalue weighted by Gasteiger charge is 2.41. The van der Waals surface area contributed by atoms with Gasteiger partial charge in [-0.3, -0.25) is 18.9 Å². The zero-order valence-electron chi connectivity index (χ0n) is 38.4. The first-order valence-electron chi connectivity index (χ1n) is 20.9. The Balaban J connectivity index is 0.000000338. The van der Waals surface area contributed by atoms with Crippen LogP contribution in [0.25, 0.3) is 0 Å². The van der Waals surface area contributed by atoms with Gasteiger partial charge in [-0.25, -0.2) is 23.5 Å². The van der Waals surface area contributed by atoms with Gasteiger partial charge >= 0.3 is 29.2 Å². The summed E-state index contributed by atoms with van der Waals surface area (Å²) in [6.07, 6.45) is 8.68. The summed E-state index contributed by atoms with van der Waals surface area (Å²) in [6, 6.07) is 14.8. The molecule has 0 amide bonds. The lowest BCUT2D eigenvalue weighted by molar-refractivity contribution is -0.0105. The number of ether oxygens (including phenoxy) is 7. The van der Waals surface area contributed by atoms with E-state index in [0.29, 0.717) is 89.2 Å². The van der Waals surface area contributed by atoms with Crippen LogP contribution in [-0.2, 0) is 55.3 Å². The fourth-order valence-corrected chi connectivity index (χ4v) is 8.69. The number of phosphoric acid groups is 3. The third-order valence-corrected chi connectivity index (χ3v) is 12.5. The number of aromatic nitrogens is 4. The quantitative estimate of drug-likeness (QED) is 0.0222. The second-order valence-corrected chi connectivity index (χ2v) is 18.8. The summed E-state index contributed by atoms with van der Waals surface area (Å²) in [7, 11) is -16.4. The zero-order valence-corrected chi connectivity index (χ0v) is 41.1. The lowest BCUT2D eigenvalue weighted by Crippen LogP contribution is -2.33. The van der Waals surface area contributed by atoms with Crippen molar-refractivity contribution in [3.8, 4) is 41.9 Å². The molecule has 0 spiro atoms. The predicted molar refractivity (Wildman–Crippen MR) is 251 cm³/mol. The van der Waals surface area contributed by atoms with Gasteiger partial charge < -0.3 is 58.0 Å². The predicted octanol–water partition coefficient (Wildman–Crippen LogP) is 4.21. The van der Waals surface area contributed by atoms with Crippen LogP contribution in [0.3, 0.4) is 0 Å². The van der Waals surface area contributed by atoms with Crippen LogP contribution in [0, 0.1) is 56.3 Å². The first-order chi connectivity index (χ1) is 33.8. The number of nitriles is 1. The Bertz CT molecular complexity index is 2810. The summed E-state index contributed by atoms with van der Waals surface area (Å²) in [4.78, 5) is 69.2. The molecule has 2 aromatic carbocycles. The molecule has 4 atom stereocenters. The van der Waals surface area contributed by atoms with E-state index in [1.807, 2.05) is 26.0 Å². The number of anilines is 2. The van der Waals surface area contributed by atoms with E-state index >= 15 is 0 Å². The fourth-order valence-electron chi connectivity index (χ4n) is 5.66. The maximum atomic E-state index is 11.8. The highest BCUT2D eigenvalue weighted by Crippen LogP contribution is 2.66. The average Bonchev–Trinajstić information content (AvgIpc) is 3.78. The first kappa shape index (κ1) is 57.9. The molecule has 1 aliphatic rings. The van der Waals surface area contributed by atoms with E-state index in [1.165, 1.54) is 25.3 Å². The monoisotopic (exact) mass is 1050 g/mol. The largest absolute Gasteiger partial charge is 0.490 e. The number of benzene rings is 2. The van der Waals surface area contributed by atoms with E-state index in [1.54, 1.807) is 36.5 Å². The zero-order chi connectivity index (χ0) is 51.9. The number of aromatic amines is 1. The molecule has 0 bridgehead atoms. The SMILES string of the molecule is C#CCOCCOCCOCCOCCOCC#Cc1cc(C)c(Oc2ccnc(Nc3ccc(C#N)cc3)n2)c(C)c1.Cc1cn([C@H]2C=C[C@@H](COP(=O)(O)OP(=O)(O)OP(=O)(O)O)O2)c(=O)[nH]c1=O. The molecule has 0 radical (unpaired) electrons. The second-order valence-electron chi connectivity index (χ2n) is 14.3. The molecule has 71 heavy (non-hydrogen) atoms. The number of nitrogens with zero attached hydrogens (tertiary/aromatic N) is 4. The van der Waals surface area contributed by atoms with Crippen molar-refractivity contribution in [3.63, 3.8) is 0 Å². The number of rotatable bonds is 26. The van der Waals surface area contributed by atoms with Gasteiger partial charge in [0.2, 0.25) is 11.8 Å². The third-order valence-electron chi connectivity index (χ3n) is 8.69. The standard InChI is InChI=1S/C33H36N4O6.C10H15N2O13P3/c1-4-13-38-15-17-40-19-21-42-22-20-41-18-16-39-14-5-6-29-23-26(2)32(27(3)24-29)43-31-11-12-35-33(37-31)36-30-9-7-28(25-34)8-10-30;1-6-4-12(10(14)11-9(6)13)8-3-2-7(23-8)5-22-27(18,19)25-28(20,21)24-26(15,16)17/h1,7-12,23-24H,13-22H2,2-3H3,(H,35,36,37);2-4,7-8H,5H2,1H3,(H,18,19)(H,20,21)(H,11,13,14)(H2,15,16,17)/t;7-,8+/m.0/s1. The molecule has 2 unspecified atom stereocenters. The number of H-pyrrole nitrogens is 1. The summed E-state index contributed by atoms with van der Waals surface area (Å²) in [5.41, 5.74) is 2.97. The summed E-state index contributed by atoms with van der Waals surface area (Å²) >= 11 is 0. The van der Waals surface area contributed by atoms with E-state index in [-0.39, 0.29) is 5.56 Å². The summed E-state index contributed by atoms with van der Waals surface area (Å²) in [5, 5.41) is 12.1. The van der Waals surface area contributed by atoms with Crippen molar-refractivity contribution in [2.75, 3.05) is 78.0 Å². The van der Waals surface area contributed by atoms with Crippen LogP contribution in [0.15, 0.2) is 76.6 Å². The van der Waals surface area contributed by atoms with E-state index in [4.69, 9.17) is 59.5 Å². The van der Waals surface area contributed by atoms with E-state index < -0.39 is 53.7 Å². The van der Waals surface area contributed by atoms with Gasteiger partial charge in [-0.2, -0.15) is 18.9 Å². The third kappa shape index (κ3) is 22.1. The summed E-state index contributed by atoms with van der Waals surface area (Å²) < 4.78 is 84.4. The maximum absolute atomic E-state index is 11.8. The summed E-state index contributed by atoms with van der Waals surface area (Å²) in [5.74, 6) is 10.1. The highest BCUT2D eigenvalue weighted by molar-refractivity contribution is 7.66. The van der Waals surface area contributed by atoms with Gasteiger partial charge in [0.15, 0.2) is 6.23 Å². The molecular weight excluding hydrogens is 997 g/mol. The number of hydrogen-bond donors (Lipinski definition) is 6. The summed E-state index contributed by atoms with van der Waals surface area (Å²) in [6.45, 7) is 9.14. The topological polar surface area (TPSA) is 341 Å². The number of aryl methyl sites for hydroxylation is 3. The van der Waals surface area contributed by atoms with E-state index in [2.05, 4.69) is 57.2 Å². The van der Waals surface area contributed by atoms with E-state index in [9.17, 15) is 28.2 Å². The van der Waals surface area contributed by atoms with Gasteiger partial charge in [0.25, 0.3) is 5.56 Å². The van der Waals surface area contributed by atoms with Crippen molar-refractivity contribution in [1.29, 1.82) is 5.26 Å². The van der Waals surface area contributed by atoms with Crippen molar-refractivity contribution in [3.05, 3.63) is 116 Å². The normalized spacial score (nSPS) is 15.7. The van der Waals surface area contributed by atoms with E-state index in [0.717, 1.165) is 26.9 Å². The Morgan fingerprint density at radius 3 is 2.00 bits per heavy atom. The molecule has 2 aromatic heterocycles. The second kappa shape index (κ2) is 29.0. The Hall–Kier alpha value is -5.68. The van der Waals surface area contributed by atoms with Gasteiger partial charge in [0.1, 0.15) is 25.1 Å². The molecule has 28 heteroatoms. The van der Waals surface area contributed by atoms with Gasteiger partial charge in [-0.15, -0.1) is 6.42 Å². The van der Waals surface area contributed by atoms with Crippen molar-refractivity contribution in [2.24, 2.45) is 0 Å². The Labute approximate surface area is 407 Å². The number of phosphoric ester groups is 1. The Kier molecular flexibility index (Phi) is 23.6. The van der Waals surface area contributed by atoms with Gasteiger partial charge in [0, 0.05) is 35.3 Å². The Morgan fingerprint density at radius 2 is 1.41 bits per heavy atom. The van der Waals surface area contributed by atoms with Crippen LogP contribution in [-0.4, -0.2) is 118 Å². The van der Waals surface area contributed by atoms with Crippen LogP contribution in [0.4, 0.5) is 11.6 Å². The molecule has 382 valence electrons. The molecule has 5 rings (SSSR count). The molecule has 3 heterocycles. The molecule has 25 nitrogen and oxygen atoms in total. The first-order valence-corrected chi connectivity index (χ1v) is 25.4. The number of hydrogen-bond acceptors (Lipinski definition) is 19. The number of terminal acetylenes is 1. The van der Waals surface area contributed by atoms with Gasteiger partial charge in [-0.1, -0.05) is 23.8 Å². The minimum absolute atomic E-state index is 0.230. The van der Waals surface area contributed by atoms with Crippen molar-refractivity contribution >= 4 is 35.1 Å². The Morgan fingerprint density at radius 1 is 0.803 bits per heavy atom. The molecule has 0 aliphatic carbocycles. The maximum Gasteiger partial charge on any atom is 0.490 e. The fraction of sp³-hybridized carbons (Fsp3) is 0.372. The average molecular weight is 1050 g/mol. The molecular formula is C43H51N6O19P3. The van der Waals surface area contributed by atoms with Crippen molar-refractivity contribution in [2.45, 2.75) is 33.1 Å². The van der Waals surface area contributed by atoms with Crippen LogP contribution >= 0.6 is 23.5 Å². The van der Waals surface area contributed by atoms with Crippen LogP contribution < -0.4 is 21.3 Å². The molecule has 4 aromatic rings. The molecule has 0 saturated heterocycles. The van der Waals surface area contributed by atoms with Crippen LogP contribution in [0.5, 0.6) is 11.6 Å². The molecule has 0 fully saturated rings.